The van der Waals surface area contributed by atoms with E-state index in [1.807, 2.05) is 0 Å². The van der Waals surface area contributed by atoms with Crippen molar-refractivity contribution in [2.45, 2.75) is 19.8 Å². The third kappa shape index (κ3) is 28.3. The van der Waals surface area contributed by atoms with Gasteiger partial charge in [-0.05, 0) is 6.42 Å². The third-order valence-corrected chi connectivity index (χ3v) is 0.825. The molecule has 0 fully saturated rings. The van der Waals surface area contributed by atoms with Crippen molar-refractivity contribution in [1.29, 1.82) is 5.26 Å². The van der Waals surface area contributed by atoms with E-state index < -0.39 is 0 Å². The second-order valence-corrected chi connectivity index (χ2v) is 1.72. The molecule has 0 unspecified atom stereocenters. The van der Waals surface area contributed by atoms with Gasteiger partial charge in [0, 0.05) is 6.08 Å². The molecule has 0 spiro atoms. The van der Waals surface area contributed by atoms with Crippen LogP contribution in [0.5, 0.6) is 0 Å². The summed E-state index contributed by atoms with van der Waals surface area (Å²) in [6.07, 6.45) is 4.98. The smallest absolute Gasteiger partial charge is 0.0905 e. The number of hydrogen-bond donors (Lipinski definition) is 0. The van der Waals surface area contributed by atoms with Crippen LogP contribution in [0.25, 0.3) is 0 Å². The minimum absolute atomic E-state index is 0.819. The van der Waals surface area contributed by atoms with Gasteiger partial charge >= 0.3 is 0 Å². The molecule has 2 heteroatoms. The van der Waals surface area contributed by atoms with Gasteiger partial charge in [-0.3, -0.25) is 0 Å². The molecule has 0 aromatic rings. The lowest BCUT2D eigenvalue weighted by Gasteiger charge is -1.93. The summed E-state index contributed by atoms with van der Waals surface area (Å²) in [5, 5.41) is 7.51. The van der Waals surface area contributed by atoms with Crippen LogP contribution in [-0.4, -0.2) is 6.61 Å². The summed E-state index contributed by atoms with van der Waals surface area (Å²) in [5.41, 5.74) is 0. The maximum atomic E-state index is 7.51. The Hall–Kier alpha value is -1.23. The molecule has 11 heavy (non-hydrogen) atoms. The molecule has 0 N–H and O–H groups in total. The number of allylic oxidation sites excluding steroid dienone is 1. The maximum Gasteiger partial charge on any atom is 0.0905 e. The van der Waals surface area contributed by atoms with Crippen molar-refractivity contribution in [2.24, 2.45) is 0 Å². The number of ether oxygens (including phenoxy) is 1. The summed E-state index contributed by atoms with van der Waals surface area (Å²) in [6, 6.07) is 1.69. The van der Waals surface area contributed by atoms with Gasteiger partial charge in [0.1, 0.15) is 0 Å². The van der Waals surface area contributed by atoms with Gasteiger partial charge in [0.2, 0.25) is 0 Å². The standard InChI is InChI=1S/C6H12O.C3H3N/c1-3-5-6-7-4-2;1-2-3-4/h4H,2-3,5-6H2,1H3;2H,1H2. The van der Waals surface area contributed by atoms with E-state index in [-0.39, 0.29) is 0 Å². The minimum Gasteiger partial charge on any atom is -0.502 e. The van der Waals surface area contributed by atoms with Gasteiger partial charge in [-0.2, -0.15) is 5.26 Å². The Balaban J connectivity index is 0. The molecule has 0 aromatic heterocycles. The topological polar surface area (TPSA) is 33.0 Å². The fraction of sp³-hybridized carbons (Fsp3) is 0.444. The Morgan fingerprint density at radius 3 is 2.36 bits per heavy atom. The van der Waals surface area contributed by atoms with Crippen molar-refractivity contribution in [2.75, 3.05) is 6.61 Å². The van der Waals surface area contributed by atoms with Crippen LogP contribution in [0.2, 0.25) is 0 Å². The van der Waals surface area contributed by atoms with Crippen LogP contribution < -0.4 is 0 Å². The molecular weight excluding hydrogens is 138 g/mol. The number of unbranched alkanes of at least 4 members (excludes halogenated alkanes) is 1. The highest BCUT2D eigenvalue weighted by molar-refractivity contribution is 4.93. The lowest BCUT2D eigenvalue weighted by Crippen LogP contribution is -1.83. The molecule has 0 atom stereocenters. The lowest BCUT2D eigenvalue weighted by atomic mass is 10.4. The van der Waals surface area contributed by atoms with Gasteiger partial charge in [0.25, 0.3) is 0 Å². The molecule has 0 heterocycles. The maximum absolute atomic E-state index is 7.51. The summed E-state index contributed by atoms with van der Waals surface area (Å²) in [4.78, 5) is 0. The van der Waals surface area contributed by atoms with Crippen LogP contribution in [0.3, 0.4) is 0 Å². The molecule has 0 aliphatic rings. The zero-order chi connectivity index (χ0) is 8.95. The molecular formula is C9H15NO. The van der Waals surface area contributed by atoms with E-state index in [2.05, 4.69) is 20.1 Å². The van der Waals surface area contributed by atoms with E-state index in [4.69, 9.17) is 10.00 Å². The second kappa shape index (κ2) is 15.9. The molecule has 0 saturated carbocycles. The molecule has 0 rings (SSSR count). The molecule has 0 aromatic carbocycles. The zero-order valence-electron chi connectivity index (χ0n) is 7.05. The Kier molecular flexibility index (Phi) is 18.0. The molecule has 0 saturated heterocycles. The van der Waals surface area contributed by atoms with Crippen LogP contribution in [-0.2, 0) is 4.74 Å². The van der Waals surface area contributed by atoms with E-state index >= 15 is 0 Å². The van der Waals surface area contributed by atoms with Gasteiger partial charge in [0.15, 0.2) is 0 Å². The summed E-state index contributed by atoms with van der Waals surface area (Å²) in [5.74, 6) is 0. The monoisotopic (exact) mass is 153 g/mol. The first-order valence-corrected chi connectivity index (χ1v) is 3.56. The van der Waals surface area contributed by atoms with E-state index in [0.717, 1.165) is 13.0 Å². The Labute approximate surface area is 68.8 Å². The third-order valence-electron chi connectivity index (χ3n) is 0.825. The first kappa shape index (κ1) is 12.4. The molecule has 62 valence electrons. The van der Waals surface area contributed by atoms with Gasteiger partial charge in [-0.1, -0.05) is 26.5 Å². The fourth-order valence-corrected chi connectivity index (χ4v) is 0.311. The Morgan fingerprint density at radius 1 is 1.55 bits per heavy atom. The van der Waals surface area contributed by atoms with E-state index in [1.54, 1.807) is 6.07 Å². The summed E-state index contributed by atoms with van der Waals surface area (Å²) < 4.78 is 4.84. The van der Waals surface area contributed by atoms with Crippen molar-refractivity contribution in [1.82, 2.24) is 0 Å². The molecule has 0 amide bonds. The predicted octanol–water partition coefficient (Wildman–Crippen LogP) is 2.64. The zero-order valence-corrected chi connectivity index (χ0v) is 7.05. The SMILES string of the molecule is C=CC#N.C=COCCCC. The number of rotatable bonds is 4. The second-order valence-electron chi connectivity index (χ2n) is 1.72. The first-order chi connectivity index (χ1) is 5.33. The minimum atomic E-state index is 0.819. The van der Waals surface area contributed by atoms with Gasteiger partial charge in [-0.15, -0.1) is 0 Å². The normalized spacial score (nSPS) is 6.55. The van der Waals surface area contributed by atoms with Gasteiger partial charge in [0.05, 0.1) is 18.9 Å². The number of nitrogens with zero attached hydrogens (tertiary/aromatic N) is 1. The Morgan fingerprint density at radius 2 is 2.09 bits per heavy atom. The Bertz CT molecular complexity index is 124. The summed E-state index contributed by atoms with van der Waals surface area (Å²) >= 11 is 0. The largest absolute Gasteiger partial charge is 0.502 e. The van der Waals surface area contributed by atoms with Crippen LogP contribution in [0.1, 0.15) is 19.8 Å². The molecule has 0 bridgehead atoms. The van der Waals surface area contributed by atoms with Crippen molar-refractivity contribution >= 4 is 0 Å². The van der Waals surface area contributed by atoms with Crippen LogP contribution in [0.4, 0.5) is 0 Å². The van der Waals surface area contributed by atoms with Crippen molar-refractivity contribution in [3.05, 3.63) is 25.5 Å². The van der Waals surface area contributed by atoms with E-state index in [0.29, 0.717) is 0 Å². The molecule has 0 aliphatic heterocycles. The summed E-state index contributed by atoms with van der Waals surface area (Å²) in [7, 11) is 0. The van der Waals surface area contributed by atoms with Crippen molar-refractivity contribution < 1.29 is 4.74 Å². The average Bonchev–Trinajstić information content (AvgIpc) is 2.06. The van der Waals surface area contributed by atoms with Gasteiger partial charge in [-0.25, -0.2) is 0 Å². The fourth-order valence-electron chi connectivity index (χ4n) is 0.311. The van der Waals surface area contributed by atoms with Crippen molar-refractivity contribution in [3.63, 3.8) is 0 Å². The van der Waals surface area contributed by atoms with Gasteiger partial charge < -0.3 is 4.74 Å². The predicted molar refractivity (Wildman–Crippen MR) is 46.9 cm³/mol. The highest BCUT2D eigenvalue weighted by Crippen LogP contribution is 1.85. The number of hydrogen-bond acceptors (Lipinski definition) is 2. The van der Waals surface area contributed by atoms with E-state index in [9.17, 15) is 0 Å². The first-order valence-electron chi connectivity index (χ1n) is 3.56. The van der Waals surface area contributed by atoms with Crippen LogP contribution >= 0.6 is 0 Å². The summed E-state index contributed by atoms with van der Waals surface area (Å²) in [6.45, 7) is 9.48. The quantitative estimate of drug-likeness (QED) is 0.353. The van der Waals surface area contributed by atoms with Crippen LogP contribution in [0, 0.1) is 11.3 Å². The molecule has 0 radical (unpaired) electrons. The average molecular weight is 153 g/mol. The highest BCUT2D eigenvalue weighted by atomic mass is 16.5. The lowest BCUT2D eigenvalue weighted by molar-refractivity contribution is 0.245. The van der Waals surface area contributed by atoms with Crippen LogP contribution in [0.15, 0.2) is 25.5 Å². The highest BCUT2D eigenvalue weighted by Gasteiger charge is 1.76. The molecule has 2 nitrogen and oxygen atoms in total. The van der Waals surface area contributed by atoms with Crippen molar-refractivity contribution in [3.8, 4) is 6.07 Å². The number of nitriles is 1. The van der Waals surface area contributed by atoms with E-state index in [1.165, 1.54) is 18.8 Å². The molecule has 0 aliphatic carbocycles.